The van der Waals surface area contributed by atoms with Crippen LogP contribution in [0.1, 0.15) is 21.1 Å². The quantitative estimate of drug-likeness (QED) is 0.776. The third-order valence-electron chi connectivity index (χ3n) is 3.31. The van der Waals surface area contributed by atoms with E-state index in [2.05, 4.69) is 10.3 Å². The summed E-state index contributed by atoms with van der Waals surface area (Å²) in [6.07, 6.45) is 0. The highest BCUT2D eigenvalue weighted by molar-refractivity contribution is 7.09. The maximum absolute atomic E-state index is 12.2. The van der Waals surface area contributed by atoms with Crippen LogP contribution in [-0.4, -0.2) is 18.0 Å². The summed E-state index contributed by atoms with van der Waals surface area (Å²) in [7, 11) is 1.54. The summed E-state index contributed by atoms with van der Waals surface area (Å²) < 4.78 is 10.9. The SMILES string of the molecule is COc1ccccc1C(=O)NCc1ccc(-c2csc(C)n2)o1. The molecular formula is C17H16N2O3S. The molecule has 0 spiro atoms. The molecule has 0 saturated carbocycles. The molecule has 1 amide bonds. The number of ether oxygens (including phenoxy) is 1. The molecule has 23 heavy (non-hydrogen) atoms. The zero-order valence-corrected chi connectivity index (χ0v) is 13.6. The van der Waals surface area contributed by atoms with E-state index in [-0.39, 0.29) is 5.91 Å². The highest BCUT2D eigenvalue weighted by atomic mass is 32.1. The Morgan fingerprint density at radius 2 is 2.13 bits per heavy atom. The zero-order chi connectivity index (χ0) is 16.2. The fourth-order valence-corrected chi connectivity index (χ4v) is 2.78. The first-order chi connectivity index (χ1) is 11.2. The summed E-state index contributed by atoms with van der Waals surface area (Å²) >= 11 is 1.57. The molecule has 1 N–H and O–H groups in total. The molecule has 1 aromatic carbocycles. The predicted octanol–water partition coefficient (Wildman–Crippen LogP) is 3.65. The van der Waals surface area contributed by atoms with Crippen molar-refractivity contribution in [2.45, 2.75) is 13.5 Å². The third-order valence-corrected chi connectivity index (χ3v) is 4.08. The largest absolute Gasteiger partial charge is 0.496 e. The summed E-state index contributed by atoms with van der Waals surface area (Å²) in [5.74, 6) is 1.72. The number of rotatable bonds is 5. The Balaban J connectivity index is 1.67. The van der Waals surface area contributed by atoms with Gasteiger partial charge in [0.25, 0.3) is 5.91 Å². The summed E-state index contributed by atoms with van der Waals surface area (Å²) in [5, 5.41) is 5.77. The normalized spacial score (nSPS) is 10.5. The van der Waals surface area contributed by atoms with Crippen LogP contribution >= 0.6 is 11.3 Å². The number of nitrogens with zero attached hydrogens (tertiary/aromatic N) is 1. The third kappa shape index (κ3) is 3.43. The van der Waals surface area contributed by atoms with E-state index in [4.69, 9.17) is 9.15 Å². The van der Waals surface area contributed by atoms with Gasteiger partial charge in [-0.25, -0.2) is 4.98 Å². The maximum atomic E-state index is 12.2. The van der Waals surface area contributed by atoms with Crippen LogP contribution in [0.2, 0.25) is 0 Å². The molecule has 0 aliphatic carbocycles. The van der Waals surface area contributed by atoms with Crippen LogP contribution in [0, 0.1) is 6.92 Å². The summed E-state index contributed by atoms with van der Waals surface area (Å²) in [5.41, 5.74) is 1.31. The second-order valence-electron chi connectivity index (χ2n) is 4.90. The number of para-hydroxylation sites is 1. The standard InChI is InChI=1S/C17H16N2O3S/c1-11-19-14(10-23-11)16-8-7-12(22-16)9-18-17(20)13-5-3-4-6-15(13)21-2/h3-8,10H,9H2,1-2H3,(H,18,20). The van der Waals surface area contributed by atoms with Crippen molar-refractivity contribution in [1.29, 1.82) is 0 Å². The Hall–Kier alpha value is -2.60. The second-order valence-corrected chi connectivity index (χ2v) is 5.96. The Bertz CT molecular complexity index is 823. The number of amides is 1. The van der Waals surface area contributed by atoms with Crippen LogP contribution in [0.4, 0.5) is 0 Å². The number of thiazole rings is 1. The van der Waals surface area contributed by atoms with Crippen LogP contribution in [-0.2, 0) is 6.54 Å². The Labute approximate surface area is 137 Å². The Morgan fingerprint density at radius 3 is 2.87 bits per heavy atom. The number of carbonyl (C=O) groups excluding carboxylic acids is 1. The van der Waals surface area contributed by atoms with Gasteiger partial charge in [-0.1, -0.05) is 12.1 Å². The lowest BCUT2D eigenvalue weighted by atomic mass is 10.2. The second kappa shape index (κ2) is 6.66. The van der Waals surface area contributed by atoms with Crippen LogP contribution in [0.15, 0.2) is 46.2 Å². The molecule has 6 heteroatoms. The number of furan rings is 1. The van der Waals surface area contributed by atoms with Crippen LogP contribution in [0.25, 0.3) is 11.5 Å². The van der Waals surface area contributed by atoms with E-state index >= 15 is 0 Å². The lowest BCUT2D eigenvalue weighted by Crippen LogP contribution is -2.23. The van der Waals surface area contributed by atoms with Gasteiger partial charge in [-0.15, -0.1) is 11.3 Å². The molecule has 0 bridgehead atoms. The average molecular weight is 328 g/mol. The van der Waals surface area contributed by atoms with Gasteiger partial charge in [0.15, 0.2) is 5.76 Å². The average Bonchev–Trinajstić information content (AvgIpc) is 3.21. The summed E-state index contributed by atoms with van der Waals surface area (Å²) in [6.45, 7) is 2.26. The van der Waals surface area contributed by atoms with Crippen molar-refractivity contribution >= 4 is 17.2 Å². The highest BCUT2D eigenvalue weighted by Crippen LogP contribution is 2.24. The lowest BCUT2D eigenvalue weighted by molar-refractivity contribution is 0.0945. The maximum Gasteiger partial charge on any atom is 0.255 e. The van der Waals surface area contributed by atoms with Crippen LogP contribution in [0.3, 0.4) is 0 Å². The van der Waals surface area contributed by atoms with E-state index in [1.54, 1.807) is 36.6 Å². The van der Waals surface area contributed by atoms with E-state index < -0.39 is 0 Å². The van der Waals surface area contributed by atoms with Gasteiger partial charge in [0.1, 0.15) is 17.2 Å². The van der Waals surface area contributed by atoms with Gasteiger partial charge in [-0.2, -0.15) is 0 Å². The molecule has 3 aromatic rings. The van der Waals surface area contributed by atoms with Crippen molar-refractivity contribution in [2.75, 3.05) is 7.11 Å². The minimum Gasteiger partial charge on any atom is -0.496 e. The fraction of sp³-hybridized carbons (Fsp3) is 0.176. The van der Waals surface area contributed by atoms with Gasteiger partial charge in [0.2, 0.25) is 0 Å². The molecule has 0 radical (unpaired) electrons. The van der Waals surface area contributed by atoms with Crippen molar-refractivity contribution in [3.05, 3.63) is 58.1 Å². The molecular weight excluding hydrogens is 312 g/mol. The summed E-state index contributed by atoms with van der Waals surface area (Å²) in [6, 6.07) is 10.8. The van der Waals surface area contributed by atoms with Gasteiger partial charge in [-0.3, -0.25) is 4.79 Å². The number of aryl methyl sites for hydroxylation is 1. The topological polar surface area (TPSA) is 64.4 Å². The molecule has 118 valence electrons. The molecule has 0 unspecified atom stereocenters. The molecule has 0 fully saturated rings. The molecule has 0 saturated heterocycles. The fourth-order valence-electron chi connectivity index (χ4n) is 2.18. The van der Waals surface area contributed by atoms with E-state index in [1.807, 2.05) is 30.5 Å². The van der Waals surface area contributed by atoms with E-state index in [0.717, 1.165) is 10.7 Å². The number of nitrogens with one attached hydrogen (secondary N) is 1. The summed E-state index contributed by atoms with van der Waals surface area (Å²) in [4.78, 5) is 16.6. The molecule has 3 rings (SSSR count). The number of benzene rings is 1. The van der Waals surface area contributed by atoms with Gasteiger partial charge < -0.3 is 14.5 Å². The first-order valence-corrected chi connectivity index (χ1v) is 7.98. The highest BCUT2D eigenvalue weighted by Gasteiger charge is 2.13. The molecule has 5 nitrogen and oxygen atoms in total. The Morgan fingerprint density at radius 1 is 1.30 bits per heavy atom. The first kappa shape index (κ1) is 15.3. The molecule has 0 atom stereocenters. The number of hydrogen-bond acceptors (Lipinski definition) is 5. The van der Waals surface area contributed by atoms with Crippen LogP contribution in [0.5, 0.6) is 5.75 Å². The van der Waals surface area contributed by atoms with Crippen molar-refractivity contribution in [3.63, 3.8) is 0 Å². The van der Waals surface area contributed by atoms with E-state index in [9.17, 15) is 4.79 Å². The smallest absolute Gasteiger partial charge is 0.255 e. The van der Waals surface area contributed by atoms with E-state index in [1.165, 1.54) is 0 Å². The van der Waals surface area contributed by atoms with Crippen molar-refractivity contribution in [2.24, 2.45) is 0 Å². The van der Waals surface area contributed by atoms with Crippen LogP contribution < -0.4 is 10.1 Å². The molecule has 0 aliphatic rings. The first-order valence-electron chi connectivity index (χ1n) is 7.10. The van der Waals surface area contributed by atoms with Crippen molar-refractivity contribution in [1.82, 2.24) is 10.3 Å². The number of carbonyl (C=O) groups is 1. The lowest BCUT2D eigenvalue weighted by Gasteiger charge is -2.08. The van der Waals surface area contributed by atoms with Gasteiger partial charge >= 0.3 is 0 Å². The Kier molecular flexibility index (Phi) is 4.43. The minimum atomic E-state index is -0.204. The van der Waals surface area contributed by atoms with Gasteiger partial charge in [0.05, 0.1) is 24.2 Å². The van der Waals surface area contributed by atoms with E-state index in [0.29, 0.717) is 29.4 Å². The van der Waals surface area contributed by atoms with Gasteiger partial charge in [-0.05, 0) is 31.2 Å². The number of methoxy groups -OCH3 is 1. The minimum absolute atomic E-state index is 0.204. The monoisotopic (exact) mass is 328 g/mol. The predicted molar refractivity (Wildman–Crippen MR) is 88.7 cm³/mol. The molecule has 0 aliphatic heterocycles. The number of hydrogen-bond donors (Lipinski definition) is 1. The molecule has 2 aromatic heterocycles. The van der Waals surface area contributed by atoms with Crippen molar-refractivity contribution < 1.29 is 13.9 Å². The zero-order valence-electron chi connectivity index (χ0n) is 12.8. The van der Waals surface area contributed by atoms with Crippen molar-refractivity contribution in [3.8, 4) is 17.2 Å². The van der Waals surface area contributed by atoms with Gasteiger partial charge in [0, 0.05) is 5.38 Å². The number of aromatic nitrogens is 1. The molecule has 2 heterocycles.